The Morgan fingerprint density at radius 3 is 2.25 bits per heavy atom. The molecule has 5 heteroatoms. The summed E-state index contributed by atoms with van der Waals surface area (Å²) in [6.45, 7) is 20.3. The minimum Gasteiger partial charge on any atom is -0.477 e. The number of benzene rings is 1. The van der Waals surface area contributed by atoms with Crippen LogP contribution in [0.3, 0.4) is 0 Å². The summed E-state index contributed by atoms with van der Waals surface area (Å²) in [4.78, 5) is 18.9. The Balaban J connectivity index is 2.72. The lowest BCUT2D eigenvalue weighted by molar-refractivity contribution is 0.0687. The van der Waals surface area contributed by atoms with Crippen molar-refractivity contribution in [2.24, 2.45) is 7.05 Å². The summed E-state index contributed by atoms with van der Waals surface area (Å²) < 4.78 is 1.59. The Labute approximate surface area is 141 Å². The lowest BCUT2D eigenvalue weighted by atomic mass is 9.93. The van der Waals surface area contributed by atoms with Crippen LogP contribution in [0.4, 0.5) is 5.69 Å². The van der Waals surface area contributed by atoms with Crippen LogP contribution in [0.1, 0.15) is 42.5 Å². The number of hydrogen-bond acceptors (Lipinski definition) is 1. The highest BCUT2D eigenvalue weighted by Crippen LogP contribution is 2.40. The fourth-order valence-corrected chi connectivity index (χ4v) is 2.88. The van der Waals surface area contributed by atoms with Crippen LogP contribution in [0.15, 0.2) is 24.3 Å². The minimum atomic E-state index is -1.05. The molecule has 0 spiro atoms. The van der Waals surface area contributed by atoms with Crippen LogP contribution in [0.5, 0.6) is 0 Å². The van der Waals surface area contributed by atoms with Gasteiger partial charge in [-0.3, -0.25) is 0 Å². The van der Waals surface area contributed by atoms with Crippen molar-refractivity contribution in [3.8, 4) is 11.1 Å². The van der Waals surface area contributed by atoms with Gasteiger partial charge in [0.2, 0.25) is 5.69 Å². The smallest absolute Gasteiger partial charge is 0.351 e. The third kappa shape index (κ3) is 2.66. The average molecular weight is 321 g/mol. The number of carbonyl (C=O) groups is 1. The number of aromatic nitrogens is 1. The maximum atomic E-state index is 11.7. The summed E-state index contributed by atoms with van der Waals surface area (Å²) in [5.74, 6) is -1.05. The quantitative estimate of drug-likeness (QED) is 0.833. The highest BCUT2D eigenvalue weighted by molar-refractivity contribution is 6.00. The molecule has 2 rings (SSSR count). The van der Waals surface area contributed by atoms with Gasteiger partial charge in [0.25, 0.3) is 5.54 Å². The molecule has 0 atom stereocenters. The van der Waals surface area contributed by atoms with Gasteiger partial charge in [0.1, 0.15) is 5.69 Å². The van der Waals surface area contributed by atoms with E-state index in [1.54, 1.807) is 23.7 Å². The molecule has 24 heavy (non-hydrogen) atoms. The first-order chi connectivity index (χ1) is 11.3. The van der Waals surface area contributed by atoms with Crippen LogP contribution < -0.4 is 0 Å². The van der Waals surface area contributed by atoms with Crippen molar-refractivity contribution >= 4 is 11.7 Å². The Kier molecular flexibility index (Phi) is 4.48. The zero-order chi connectivity index (χ0) is 18.1. The molecule has 1 aromatic carbocycles. The number of carboxylic acid groups (broad SMARTS) is 1. The zero-order valence-electron chi connectivity index (χ0n) is 14.2. The van der Waals surface area contributed by atoms with Crippen LogP contribution in [-0.4, -0.2) is 15.6 Å². The molecule has 0 saturated heterocycles. The lowest BCUT2D eigenvalue weighted by Gasteiger charge is -2.12. The maximum Gasteiger partial charge on any atom is 0.351 e. The standard InChI is InChI=1S/C19H19N3O2/c1-7-14-16(20-4)15(17(18(23)24)22(14)6)12-8-10-13(11-9-12)19(2,3)21-5/h8-11H,7H2,1-3,6H3,(H,23,24). The van der Waals surface area contributed by atoms with E-state index in [0.717, 1.165) is 5.56 Å². The van der Waals surface area contributed by atoms with Gasteiger partial charge in [-0.15, -0.1) is 0 Å². The van der Waals surface area contributed by atoms with Crippen molar-refractivity contribution < 1.29 is 9.90 Å². The van der Waals surface area contributed by atoms with Crippen LogP contribution in [0.2, 0.25) is 0 Å². The summed E-state index contributed by atoms with van der Waals surface area (Å²) in [6.07, 6.45) is 0.581. The molecule has 1 N–H and O–H groups in total. The SMILES string of the molecule is [C-]#[N+]c1c(-c2ccc(C(C)(C)[N+]#[C-])cc2)c(C(=O)O)n(C)c1CC. The summed E-state index contributed by atoms with van der Waals surface area (Å²) in [6, 6.07) is 7.23. The molecule has 0 saturated carbocycles. The molecule has 0 aliphatic heterocycles. The van der Waals surface area contributed by atoms with Gasteiger partial charge in [0.15, 0.2) is 0 Å². The number of carboxylic acids is 1. The number of aromatic carboxylic acids is 1. The highest BCUT2D eigenvalue weighted by atomic mass is 16.4. The number of rotatable bonds is 4. The largest absolute Gasteiger partial charge is 0.477 e. The molecule has 1 aromatic heterocycles. The van der Waals surface area contributed by atoms with E-state index < -0.39 is 11.5 Å². The van der Waals surface area contributed by atoms with E-state index in [9.17, 15) is 9.90 Å². The first kappa shape index (κ1) is 17.3. The van der Waals surface area contributed by atoms with Gasteiger partial charge in [-0.05, 0) is 12.0 Å². The van der Waals surface area contributed by atoms with E-state index in [4.69, 9.17) is 13.1 Å². The van der Waals surface area contributed by atoms with E-state index in [0.29, 0.717) is 28.9 Å². The third-order valence-electron chi connectivity index (χ3n) is 4.30. The Morgan fingerprint density at radius 1 is 1.25 bits per heavy atom. The Hall–Kier alpha value is -3.05. The third-order valence-corrected chi connectivity index (χ3v) is 4.30. The highest BCUT2D eigenvalue weighted by Gasteiger charge is 2.28. The second-order valence-electron chi connectivity index (χ2n) is 6.10. The molecule has 0 radical (unpaired) electrons. The number of hydrogen-bond donors (Lipinski definition) is 1. The van der Waals surface area contributed by atoms with Crippen molar-refractivity contribution in [3.63, 3.8) is 0 Å². The maximum absolute atomic E-state index is 11.7. The average Bonchev–Trinajstić information content (AvgIpc) is 2.86. The van der Waals surface area contributed by atoms with Crippen molar-refractivity contribution in [3.05, 3.63) is 64.1 Å². The van der Waals surface area contributed by atoms with Gasteiger partial charge < -0.3 is 14.5 Å². The molecule has 2 aromatic rings. The molecule has 0 unspecified atom stereocenters. The molecule has 0 amide bonds. The Bertz CT molecular complexity index is 875. The summed E-state index contributed by atoms with van der Waals surface area (Å²) in [7, 11) is 1.68. The van der Waals surface area contributed by atoms with Crippen molar-refractivity contribution in [1.29, 1.82) is 0 Å². The first-order valence-corrected chi connectivity index (χ1v) is 7.60. The molecule has 0 fully saturated rings. The Morgan fingerprint density at radius 2 is 1.83 bits per heavy atom. The molecule has 5 nitrogen and oxygen atoms in total. The summed E-state index contributed by atoms with van der Waals surface area (Å²) >= 11 is 0. The van der Waals surface area contributed by atoms with Crippen molar-refractivity contribution in [2.75, 3.05) is 0 Å². The van der Waals surface area contributed by atoms with E-state index in [2.05, 4.69) is 9.69 Å². The second kappa shape index (κ2) is 6.22. The summed E-state index contributed by atoms with van der Waals surface area (Å²) in [5.41, 5.74) is 2.56. The van der Waals surface area contributed by atoms with Crippen molar-refractivity contribution in [1.82, 2.24) is 4.57 Å². The molecule has 0 bridgehead atoms. The second-order valence-corrected chi connectivity index (χ2v) is 6.10. The molecule has 0 aliphatic rings. The van der Waals surface area contributed by atoms with Crippen molar-refractivity contribution in [2.45, 2.75) is 32.7 Å². The predicted molar refractivity (Wildman–Crippen MR) is 93.1 cm³/mol. The molecular weight excluding hydrogens is 302 g/mol. The fourth-order valence-electron chi connectivity index (χ4n) is 2.88. The summed E-state index contributed by atoms with van der Waals surface area (Å²) in [5, 5.41) is 9.60. The van der Waals surface area contributed by atoms with Crippen LogP contribution in [0.25, 0.3) is 20.8 Å². The van der Waals surface area contributed by atoms with Gasteiger partial charge in [-0.1, -0.05) is 31.2 Å². The van der Waals surface area contributed by atoms with E-state index in [-0.39, 0.29) is 5.69 Å². The molecule has 122 valence electrons. The zero-order valence-corrected chi connectivity index (χ0v) is 14.2. The van der Waals surface area contributed by atoms with Gasteiger partial charge in [0, 0.05) is 37.7 Å². The van der Waals surface area contributed by atoms with Gasteiger partial charge in [-0.25, -0.2) is 16.2 Å². The van der Waals surface area contributed by atoms with E-state index in [1.807, 2.05) is 32.9 Å². The fraction of sp³-hybridized carbons (Fsp3) is 0.316. The van der Waals surface area contributed by atoms with Crippen LogP contribution in [-0.2, 0) is 19.0 Å². The molecular formula is C19H19N3O2. The number of nitrogens with zero attached hydrogens (tertiary/aromatic N) is 3. The van der Waals surface area contributed by atoms with Gasteiger partial charge >= 0.3 is 5.97 Å². The first-order valence-electron chi connectivity index (χ1n) is 7.60. The van der Waals surface area contributed by atoms with E-state index >= 15 is 0 Å². The monoisotopic (exact) mass is 321 g/mol. The topological polar surface area (TPSA) is 50.9 Å². The molecule has 1 heterocycles. The van der Waals surface area contributed by atoms with E-state index in [1.165, 1.54) is 0 Å². The van der Waals surface area contributed by atoms with Crippen LogP contribution in [0, 0.1) is 13.1 Å². The van der Waals surface area contributed by atoms with Gasteiger partial charge in [-0.2, -0.15) is 0 Å². The van der Waals surface area contributed by atoms with Crippen LogP contribution >= 0.6 is 0 Å². The lowest BCUT2D eigenvalue weighted by Crippen LogP contribution is -2.10. The molecule has 0 aliphatic carbocycles. The van der Waals surface area contributed by atoms with Gasteiger partial charge in [0.05, 0.1) is 6.57 Å². The normalized spacial score (nSPS) is 10.9. The minimum absolute atomic E-state index is 0.120. The predicted octanol–water partition coefficient (Wildman–Crippen LogP) is 4.66.